The Morgan fingerprint density at radius 3 is 2.75 bits per heavy atom. The highest BCUT2D eigenvalue weighted by molar-refractivity contribution is 6.31. The second-order valence-corrected chi connectivity index (χ2v) is 7.07. The Bertz CT molecular complexity index is 977. The molecule has 3 aromatic rings. The van der Waals surface area contributed by atoms with Crippen LogP contribution in [-0.4, -0.2) is 26.1 Å². The molecule has 1 aliphatic rings. The van der Waals surface area contributed by atoms with Crippen LogP contribution in [0.5, 0.6) is 0 Å². The van der Waals surface area contributed by atoms with Crippen LogP contribution < -0.4 is 10.6 Å². The van der Waals surface area contributed by atoms with Crippen LogP contribution in [0.25, 0.3) is 0 Å². The van der Waals surface area contributed by atoms with Gasteiger partial charge in [0.15, 0.2) is 0 Å². The van der Waals surface area contributed by atoms with Gasteiger partial charge in [-0.3, -0.25) is 4.79 Å². The molecule has 1 fully saturated rings. The van der Waals surface area contributed by atoms with E-state index in [2.05, 4.69) is 30.8 Å². The molecule has 0 spiro atoms. The first-order valence-corrected chi connectivity index (χ1v) is 9.51. The molecule has 0 radical (unpaired) electrons. The predicted octanol–water partition coefficient (Wildman–Crippen LogP) is 3.80. The SMILES string of the molecule is O=C(Nc1ccccc1CCc1nc(Nc2ccnnc2)ncc1Cl)C1CC1. The second-order valence-electron chi connectivity index (χ2n) is 6.67. The zero-order chi connectivity index (χ0) is 19.3. The summed E-state index contributed by atoms with van der Waals surface area (Å²) in [5, 5.41) is 14.2. The fourth-order valence-electron chi connectivity index (χ4n) is 2.83. The molecule has 7 nitrogen and oxygen atoms in total. The summed E-state index contributed by atoms with van der Waals surface area (Å²) in [4.78, 5) is 20.8. The molecule has 0 atom stereocenters. The number of carbonyl (C=O) groups is 1. The van der Waals surface area contributed by atoms with E-state index in [1.807, 2.05) is 24.3 Å². The van der Waals surface area contributed by atoms with Gasteiger partial charge in [0.25, 0.3) is 0 Å². The fraction of sp³-hybridized carbons (Fsp3) is 0.250. The van der Waals surface area contributed by atoms with E-state index >= 15 is 0 Å². The third kappa shape index (κ3) is 4.61. The molecule has 28 heavy (non-hydrogen) atoms. The summed E-state index contributed by atoms with van der Waals surface area (Å²) in [6.07, 6.45) is 8.06. The number of anilines is 3. The zero-order valence-electron chi connectivity index (χ0n) is 15.1. The monoisotopic (exact) mass is 394 g/mol. The molecule has 1 aromatic carbocycles. The molecule has 0 saturated heterocycles. The molecule has 8 heteroatoms. The first-order valence-electron chi connectivity index (χ1n) is 9.13. The molecule has 4 rings (SSSR count). The highest BCUT2D eigenvalue weighted by atomic mass is 35.5. The van der Waals surface area contributed by atoms with E-state index in [9.17, 15) is 4.79 Å². The number of benzene rings is 1. The lowest BCUT2D eigenvalue weighted by Gasteiger charge is -2.12. The lowest BCUT2D eigenvalue weighted by atomic mass is 10.1. The predicted molar refractivity (Wildman–Crippen MR) is 108 cm³/mol. The quantitative estimate of drug-likeness (QED) is 0.633. The van der Waals surface area contributed by atoms with Gasteiger partial charge in [-0.2, -0.15) is 10.2 Å². The van der Waals surface area contributed by atoms with Crippen LogP contribution in [0.4, 0.5) is 17.3 Å². The lowest BCUT2D eigenvalue weighted by molar-refractivity contribution is -0.117. The lowest BCUT2D eigenvalue weighted by Crippen LogP contribution is -2.15. The van der Waals surface area contributed by atoms with Crippen molar-refractivity contribution < 1.29 is 4.79 Å². The fourth-order valence-corrected chi connectivity index (χ4v) is 3.01. The van der Waals surface area contributed by atoms with E-state index in [-0.39, 0.29) is 11.8 Å². The summed E-state index contributed by atoms with van der Waals surface area (Å²) >= 11 is 6.29. The Labute approximate surface area is 167 Å². The Balaban J connectivity index is 1.46. The highest BCUT2D eigenvalue weighted by Crippen LogP contribution is 2.31. The van der Waals surface area contributed by atoms with E-state index in [1.54, 1.807) is 24.7 Å². The van der Waals surface area contributed by atoms with E-state index < -0.39 is 0 Å². The smallest absolute Gasteiger partial charge is 0.227 e. The number of hydrogen-bond acceptors (Lipinski definition) is 6. The summed E-state index contributed by atoms with van der Waals surface area (Å²) in [6.45, 7) is 0. The Kier molecular flexibility index (Phi) is 5.43. The topological polar surface area (TPSA) is 92.7 Å². The Morgan fingerprint density at radius 2 is 1.96 bits per heavy atom. The van der Waals surface area contributed by atoms with Crippen molar-refractivity contribution in [3.63, 3.8) is 0 Å². The maximum Gasteiger partial charge on any atom is 0.227 e. The molecular weight excluding hydrogens is 376 g/mol. The van der Waals surface area contributed by atoms with Crippen LogP contribution in [0.15, 0.2) is 48.9 Å². The van der Waals surface area contributed by atoms with E-state index in [1.165, 1.54) is 0 Å². The summed E-state index contributed by atoms with van der Waals surface area (Å²) in [7, 11) is 0. The molecule has 2 N–H and O–H groups in total. The van der Waals surface area contributed by atoms with Crippen molar-refractivity contribution >= 4 is 34.8 Å². The van der Waals surface area contributed by atoms with Gasteiger partial charge in [-0.15, -0.1) is 0 Å². The van der Waals surface area contributed by atoms with E-state index in [0.717, 1.165) is 35.5 Å². The summed E-state index contributed by atoms with van der Waals surface area (Å²) < 4.78 is 0. The van der Waals surface area contributed by atoms with Gasteiger partial charge in [-0.25, -0.2) is 9.97 Å². The van der Waals surface area contributed by atoms with Crippen molar-refractivity contribution in [3.05, 3.63) is 65.2 Å². The van der Waals surface area contributed by atoms with Crippen LogP contribution in [0.3, 0.4) is 0 Å². The second kappa shape index (κ2) is 8.31. The van der Waals surface area contributed by atoms with Gasteiger partial charge < -0.3 is 10.6 Å². The number of aryl methyl sites for hydroxylation is 2. The number of halogens is 1. The summed E-state index contributed by atoms with van der Waals surface area (Å²) in [5.74, 6) is 0.716. The molecule has 1 saturated carbocycles. The number of hydrogen-bond donors (Lipinski definition) is 2. The number of carbonyl (C=O) groups excluding carboxylic acids is 1. The molecule has 0 aliphatic heterocycles. The van der Waals surface area contributed by atoms with Crippen LogP contribution in [0.1, 0.15) is 24.1 Å². The number of nitrogens with one attached hydrogen (secondary N) is 2. The average molecular weight is 395 g/mol. The molecule has 2 aromatic heterocycles. The first-order chi connectivity index (χ1) is 13.7. The number of aromatic nitrogens is 4. The number of amides is 1. The van der Waals surface area contributed by atoms with Gasteiger partial charge in [0.2, 0.25) is 11.9 Å². The molecular formula is C20H19ClN6O. The van der Waals surface area contributed by atoms with Gasteiger partial charge in [-0.05, 0) is 43.4 Å². The molecule has 2 heterocycles. The number of nitrogens with zero attached hydrogens (tertiary/aromatic N) is 4. The highest BCUT2D eigenvalue weighted by Gasteiger charge is 2.29. The molecule has 1 aliphatic carbocycles. The van der Waals surface area contributed by atoms with Crippen molar-refractivity contribution in [2.45, 2.75) is 25.7 Å². The number of rotatable bonds is 7. The third-order valence-electron chi connectivity index (χ3n) is 4.51. The van der Waals surface area contributed by atoms with Gasteiger partial charge in [0, 0.05) is 11.6 Å². The van der Waals surface area contributed by atoms with E-state index in [4.69, 9.17) is 11.6 Å². The summed E-state index contributed by atoms with van der Waals surface area (Å²) in [5.41, 5.74) is 3.39. The van der Waals surface area contributed by atoms with Crippen LogP contribution in [-0.2, 0) is 17.6 Å². The zero-order valence-corrected chi connectivity index (χ0v) is 15.9. The molecule has 0 bridgehead atoms. The van der Waals surface area contributed by atoms with Gasteiger partial charge in [-0.1, -0.05) is 29.8 Å². The Hall–Kier alpha value is -3.06. The van der Waals surface area contributed by atoms with Gasteiger partial charge >= 0.3 is 0 Å². The van der Waals surface area contributed by atoms with Crippen molar-refractivity contribution in [1.29, 1.82) is 0 Å². The van der Waals surface area contributed by atoms with Crippen molar-refractivity contribution in [2.75, 3.05) is 10.6 Å². The van der Waals surface area contributed by atoms with Gasteiger partial charge in [0.1, 0.15) is 0 Å². The molecule has 0 unspecified atom stereocenters. The minimum atomic E-state index is 0.102. The van der Waals surface area contributed by atoms with Crippen molar-refractivity contribution in [1.82, 2.24) is 20.2 Å². The first kappa shape index (κ1) is 18.3. The molecule has 142 valence electrons. The van der Waals surface area contributed by atoms with E-state index in [0.29, 0.717) is 23.8 Å². The van der Waals surface area contributed by atoms with Crippen molar-refractivity contribution in [2.24, 2.45) is 5.92 Å². The van der Waals surface area contributed by atoms with Crippen LogP contribution >= 0.6 is 11.6 Å². The largest absolute Gasteiger partial charge is 0.326 e. The average Bonchev–Trinajstić information content (AvgIpc) is 3.56. The van der Waals surface area contributed by atoms with Gasteiger partial charge in [0.05, 0.1) is 35.0 Å². The normalized spacial score (nSPS) is 13.2. The minimum Gasteiger partial charge on any atom is -0.326 e. The van der Waals surface area contributed by atoms with Crippen LogP contribution in [0, 0.1) is 5.92 Å². The summed E-state index contributed by atoms with van der Waals surface area (Å²) in [6, 6.07) is 9.62. The standard InChI is InChI=1S/C20H19ClN6O/c21-16-12-22-20(25-15-9-10-23-24-11-15)27-18(16)8-7-13-3-1-2-4-17(13)26-19(28)14-5-6-14/h1-4,9-12,14H,5-8H2,(H,26,28)(H,22,23,25,27). The minimum absolute atomic E-state index is 0.102. The molecule has 1 amide bonds. The van der Waals surface area contributed by atoms with Crippen LogP contribution in [0.2, 0.25) is 5.02 Å². The maximum absolute atomic E-state index is 12.1. The maximum atomic E-state index is 12.1. The Morgan fingerprint density at radius 1 is 1.11 bits per heavy atom. The third-order valence-corrected chi connectivity index (χ3v) is 4.83. The van der Waals surface area contributed by atoms with Crippen molar-refractivity contribution in [3.8, 4) is 0 Å². The number of para-hydroxylation sites is 1.